The van der Waals surface area contributed by atoms with Crippen molar-refractivity contribution in [2.24, 2.45) is 0 Å². The third-order valence-electron chi connectivity index (χ3n) is 5.56. The molecule has 4 rings (SSSR count). The van der Waals surface area contributed by atoms with E-state index in [1.807, 2.05) is 56.5 Å². The molecule has 162 valence electrons. The summed E-state index contributed by atoms with van der Waals surface area (Å²) in [6.45, 7) is 7.63. The molecule has 7 heteroatoms. The standard InChI is InChI=1S/C25H22FN3O2S/c1-14-5-6-15(2)22(11-14)29-24(31)21(23(30)27-25(29)32)13-18-12-16(3)28(17(18)4)20-9-7-19(26)8-10-20/h5-13H,1-4H3,(H,27,30,32)/b21-13+. The van der Waals surface area contributed by atoms with Gasteiger partial charge in [-0.2, -0.15) is 0 Å². The average Bonchev–Trinajstić information content (AvgIpc) is 3.01. The van der Waals surface area contributed by atoms with Gasteiger partial charge in [0, 0.05) is 17.1 Å². The highest BCUT2D eigenvalue weighted by Crippen LogP contribution is 2.28. The fourth-order valence-corrected chi connectivity index (χ4v) is 4.19. The highest BCUT2D eigenvalue weighted by Gasteiger charge is 2.35. The van der Waals surface area contributed by atoms with Crippen LogP contribution in [0.1, 0.15) is 28.1 Å². The molecule has 1 fully saturated rings. The number of halogens is 1. The summed E-state index contributed by atoms with van der Waals surface area (Å²) in [5.41, 5.74) is 5.73. The maximum Gasteiger partial charge on any atom is 0.270 e. The summed E-state index contributed by atoms with van der Waals surface area (Å²) in [6.07, 6.45) is 1.58. The zero-order valence-corrected chi connectivity index (χ0v) is 19.0. The van der Waals surface area contributed by atoms with E-state index in [9.17, 15) is 14.0 Å². The van der Waals surface area contributed by atoms with Crippen molar-refractivity contribution in [3.05, 3.63) is 88.0 Å². The van der Waals surface area contributed by atoms with Gasteiger partial charge >= 0.3 is 0 Å². The Morgan fingerprint density at radius 2 is 1.66 bits per heavy atom. The van der Waals surface area contributed by atoms with Gasteiger partial charge in [0.05, 0.1) is 5.69 Å². The van der Waals surface area contributed by atoms with E-state index in [1.165, 1.54) is 17.0 Å². The number of amides is 2. The SMILES string of the molecule is Cc1ccc(C)c(N2C(=O)/C(=C/c3cc(C)n(-c4ccc(F)cc4)c3C)C(=O)NC2=S)c1. The molecule has 1 aliphatic heterocycles. The lowest BCUT2D eigenvalue weighted by atomic mass is 10.0. The third kappa shape index (κ3) is 3.76. The number of aryl methyl sites for hydroxylation is 3. The van der Waals surface area contributed by atoms with Gasteiger partial charge in [-0.05, 0) is 99.1 Å². The predicted molar refractivity (Wildman–Crippen MR) is 127 cm³/mol. The largest absolute Gasteiger partial charge is 0.318 e. The second kappa shape index (κ2) is 8.16. The number of rotatable bonds is 3. The van der Waals surface area contributed by atoms with Crippen molar-refractivity contribution in [2.45, 2.75) is 27.7 Å². The Hall–Kier alpha value is -3.58. The third-order valence-corrected chi connectivity index (χ3v) is 5.85. The number of anilines is 1. The summed E-state index contributed by atoms with van der Waals surface area (Å²) < 4.78 is 15.3. The molecular weight excluding hydrogens is 425 g/mol. The van der Waals surface area contributed by atoms with E-state index in [1.54, 1.807) is 18.2 Å². The zero-order chi connectivity index (χ0) is 23.2. The van der Waals surface area contributed by atoms with Crippen LogP contribution in [-0.2, 0) is 9.59 Å². The molecule has 2 amide bonds. The number of hydrogen-bond acceptors (Lipinski definition) is 3. The summed E-state index contributed by atoms with van der Waals surface area (Å²) in [7, 11) is 0. The Kier molecular flexibility index (Phi) is 5.52. The first kappa shape index (κ1) is 21.6. The smallest absolute Gasteiger partial charge is 0.270 e. The van der Waals surface area contributed by atoms with Gasteiger partial charge in [0.15, 0.2) is 5.11 Å². The molecule has 2 aromatic carbocycles. The van der Waals surface area contributed by atoms with Gasteiger partial charge in [0.1, 0.15) is 11.4 Å². The van der Waals surface area contributed by atoms with Gasteiger partial charge in [-0.15, -0.1) is 0 Å². The van der Waals surface area contributed by atoms with Crippen molar-refractivity contribution in [2.75, 3.05) is 4.90 Å². The monoisotopic (exact) mass is 447 g/mol. The van der Waals surface area contributed by atoms with Crippen molar-refractivity contribution in [1.82, 2.24) is 9.88 Å². The molecule has 0 spiro atoms. The van der Waals surface area contributed by atoms with Crippen LogP contribution in [0.25, 0.3) is 11.8 Å². The highest BCUT2D eigenvalue weighted by molar-refractivity contribution is 7.80. The number of benzene rings is 2. The number of nitrogens with zero attached hydrogens (tertiary/aromatic N) is 2. The van der Waals surface area contributed by atoms with Gasteiger partial charge in [-0.25, -0.2) is 4.39 Å². The maximum absolute atomic E-state index is 13.4. The van der Waals surface area contributed by atoms with Crippen LogP contribution < -0.4 is 10.2 Å². The number of aromatic nitrogens is 1. The first-order valence-corrected chi connectivity index (χ1v) is 10.5. The summed E-state index contributed by atoms with van der Waals surface area (Å²) >= 11 is 5.32. The Labute approximate surface area is 191 Å². The number of nitrogens with one attached hydrogen (secondary N) is 1. The minimum absolute atomic E-state index is 0.00105. The van der Waals surface area contributed by atoms with Gasteiger partial charge in [0.2, 0.25) is 0 Å². The van der Waals surface area contributed by atoms with Crippen LogP contribution in [-0.4, -0.2) is 21.5 Å². The quantitative estimate of drug-likeness (QED) is 0.360. The van der Waals surface area contributed by atoms with E-state index in [2.05, 4.69) is 5.32 Å². The van der Waals surface area contributed by atoms with Crippen LogP contribution in [0.3, 0.4) is 0 Å². The van der Waals surface area contributed by atoms with Gasteiger partial charge in [-0.3, -0.25) is 19.8 Å². The summed E-state index contributed by atoms with van der Waals surface area (Å²) in [6, 6.07) is 13.8. The molecule has 0 saturated carbocycles. The first-order chi connectivity index (χ1) is 15.2. The molecule has 0 radical (unpaired) electrons. The molecule has 0 bridgehead atoms. The molecule has 1 saturated heterocycles. The molecule has 0 atom stereocenters. The van der Waals surface area contributed by atoms with E-state index in [0.29, 0.717) is 5.69 Å². The van der Waals surface area contributed by atoms with E-state index in [0.717, 1.165) is 33.8 Å². The first-order valence-electron chi connectivity index (χ1n) is 10.1. The minimum Gasteiger partial charge on any atom is -0.318 e. The van der Waals surface area contributed by atoms with Crippen LogP contribution in [0, 0.1) is 33.5 Å². The topological polar surface area (TPSA) is 54.3 Å². The second-order valence-electron chi connectivity index (χ2n) is 7.89. The predicted octanol–water partition coefficient (Wildman–Crippen LogP) is 4.68. The second-order valence-corrected chi connectivity index (χ2v) is 8.27. The van der Waals surface area contributed by atoms with Crippen molar-refractivity contribution >= 4 is 40.9 Å². The van der Waals surface area contributed by atoms with Crippen LogP contribution in [0.15, 0.2) is 54.1 Å². The number of carbonyl (C=O) groups excluding carboxylic acids is 2. The van der Waals surface area contributed by atoms with E-state index < -0.39 is 11.8 Å². The molecule has 5 nitrogen and oxygen atoms in total. The molecule has 1 aromatic heterocycles. The number of hydrogen-bond donors (Lipinski definition) is 1. The lowest BCUT2D eigenvalue weighted by molar-refractivity contribution is -0.122. The summed E-state index contributed by atoms with van der Waals surface area (Å²) in [5.74, 6) is -1.32. The van der Waals surface area contributed by atoms with Crippen LogP contribution in [0.4, 0.5) is 10.1 Å². The van der Waals surface area contributed by atoms with Crippen LogP contribution in [0.5, 0.6) is 0 Å². The van der Waals surface area contributed by atoms with Gasteiger partial charge in [0.25, 0.3) is 11.8 Å². The van der Waals surface area contributed by atoms with Crippen molar-refractivity contribution in [3.8, 4) is 5.69 Å². The molecular formula is C25H22FN3O2S. The van der Waals surface area contributed by atoms with Crippen molar-refractivity contribution in [1.29, 1.82) is 0 Å². The molecule has 2 heterocycles. The van der Waals surface area contributed by atoms with E-state index in [4.69, 9.17) is 12.2 Å². The van der Waals surface area contributed by atoms with Crippen LogP contribution >= 0.6 is 12.2 Å². The minimum atomic E-state index is -0.534. The molecule has 1 aliphatic rings. The summed E-state index contributed by atoms with van der Waals surface area (Å²) in [4.78, 5) is 27.4. The molecule has 3 aromatic rings. The highest BCUT2D eigenvalue weighted by atomic mass is 32.1. The molecule has 0 aliphatic carbocycles. The zero-order valence-electron chi connectivity index (χ0n) is 18.2. The van der Waals surface area contributed by atoms with Crippen molar-refractivity contribution in [3.63, 3.8) is 0 Å². The lowest BCUT2D eigenvalue weighted by Gasteiger charge is -2.30. The van der Waals surface area contributed by atoms with Gasteiger partial charge in [-0.1, -0.05) is 12.1 Å². The number of thiocarbonyl (C=S) groups is 1. The Bertz CT molecular complexity index is 1310. The van der Waals surface area contributed by atoms with E-state index >= 15 is 0 Å². The van der Waals surface area contributed by atoms with Gasteiger partial charge < -0.3 is 4.57 Å². The summed E-state index contributed by atoms with van der Waals surface area (Å²) in [5, 5.41) is 2.69. The average molecular weight is 448 g/mol. The fraction of sp³-hybridized carbons (Fsp3) is 0.160. The fourth-order valence-electron chi connectivity index (χ4n) is 3.91. The van der Waals surface area contributed by atoms with Crippen LogP contribution in [0.2, 0.25) is 0 Å². The molecule has 32 heavy (non-hydrogen) atoms. The Morgan fingerprint density at radius 3 is 2.34 bits per heavy atom. The molecule has 0 unspecified atom stereocenters. The van der Waals surface area contributed by atoms with Crippen molar-refractivity contribution < 1.29 is 14.0 Å². The molecule has 1 N–H and O–H groups in total. The normalized spacial score (nSPS) is 15.5. The number of carbonyl (C=O) groups is 2. The Morgan fingerprint density at radius 1 is 0.969 bits per heavy atom. The lowest BCUT2D eigenvalue weighted by Crippen LogP contribution is -2.54. The maximum atomic E-state index is 13.4. The van der Waals surface area contributed by atoms with E-state index in [-0.39, 0.29) is 16.5 Å². The Balaban J connectivity index is 1.78.